The molecule has 2 aromatic heterocycles. The van der Waals surface area contributed by atoms with Gasteiger partial charge in [0.2, 0.25) is 0 Å². The molecule has 10 aromatic rings. The second kappa shape index (κ2) is 12.4. The zero-order valence-corrected chi connectivity index (χ0v) is 31.4. The molecule has 1 spiro atoms. The third-order valence-corrected chi connectivity index (χ3v) is 12.7. The maximum absolute atomic E-state index is 6.85. The van der Waals surface area contributed by atoms with E-state index in [0.29, 0.717) is 17.5 Å². The van der Waals surface area contributed by atoms with Crippen molar-refractivity contribution in [1.29, 1.82) is 0 Å². The first-order valence-electron chi connectivity index (χ1n) is 19.2. The van der Waals surface area contributed by atoms with Crippen molar-refractivity contribution in [3.05, 3.63) is 210 Å². The molecule has 4 nitrogen and oxygen atoms in total. The highest BCUT2D eigenvalue weighted by molar-refractivity contribution is 7.26. The van der Waals surface area contributed by atoms with Gasteiger partial charge in [0.1, 0.15) is 11.5 Å². The highest BCUT2D eigenvalue weighted by atomic mass is 32.1. The summed E-state index contributed by atoms with van der Waals surface area (Å²) in [5, 5.41) is 2.29. The van der Waals surface area contributed by atoms with Gasteiger partial charge in [-0.05, 0) is 57.6 Å². The first-order chi connectivity index (χ1) is 28.2. The molecule has 57 heavy (non-hydrogen) atoms. The van der Waals surface area contributed by atoms with E-state index in [1.165, 1.54) is 32.5 Å². The van der Waals surface area contributed by atoms with Crippen LogP contribution in [0.15, 0.2) is 188 Å². The minimum atomic E-state index is -0.554. The number of ether oxygens (including phenoxy) is 1. The lowest BCUT2D eigenvalue weighted by Gasteiger charge is -2.39. The molecule has 2 aliphatic rings. The van der Waals surface area contributed by atoms with Crippen LogP contribution < -0.4 is 4.74 Å². The molecule has 5 heteroatoms. The van der Waals surface area contributed by atoms with Crippen LogP contribution in [-0.2, 0) is 5.41 Å². The first-order valence-corrected chi connectivity index (χ1v) is 20.0. The van der Waals surface area contributed by atoms with E-state index >= 15 is 0 Å². The summed E-state index contributed by atoms with van der Waals surface area (Å²) in [6, 6.07) is 66.5. The molecule has 3 heterocycles. The molecular formula is C52H31N3OS. The third-order valence-electron chi connectivity index (χ3n) is 11.6. The van der Waals surface area contributed by atoms with Crippen molar-refractivity contribution >= 4 is 31.5 Å². The Balaban J connectivity index is 1.10. The summed E-state index contributed by atoms with van der Waals surface area (Å²) in [4.78, 5) is 15.5. The molecule has 0 N–H and O–H groups in total. The smallest absolute Gasteiger partial charge is 0.164 e. The van der Waals surface area contributed by atoms with Gasteiger partial charge in [0.05, 0.1) is 5.41 Å². The van der Waals surface area contributed by atoms with Crippen LogP contribution in [0.25, 0.3) is 76.6 Å². The Hall–Kier alpha value is -7.21. The van der Waals surface area contributed by atoms with Gasteiger partial charge in [-0.25, -0.2) is 15.0 Å². The maximum atomic E-state index is 6.85. The molecule has 0 amide bonds. The van der Waals surface area contributed by atoms with Crippen molar-refractivity contribution in [2.75, 3.05) is 0 Å². The average Bonchev–Trinajstić information content (AvgIpc) is 3.80. The fraction of sp³-hybridized carbons (Fsp3) is 0.0192. The van der Waals surface area contributed by atoms with Crippen LogP contribution in [-0.4, -0.2) is 15.0 Å². The molecule has 266 valence electrons. The molecular weight excluding hydrogens is 715 g/mol. The molecule has 0 saturated carbocycles. The largest absolute Gasteiger partial charge is 0.457 e. The summed E-state index contributed by atoms with van der Waals surface area (Å²) in [6.45, 7) is 0. The number of benzene rings is 8. The minimum Gasteiger partial charge on any atom is -0.457 e. The van der Waals surface area contributed by atoms with E-state index in [0.717, 1.165) is 60.4 Å². The highest BCUT2D eigenvalue weighted by Gasteiger charge is 2.51. The Labute approximate surface area is 333 Å². The molecule has 0 saturated heterocycles. The van der Waals surface area contributed by atoms with E-state index in [1.54, 1.807) is 11.3 Å². The minimum absolute atomic E-state index is 0.554. The second-order valence-corrected chi connectivity index (χ2v) is 15.8. The Morgan fingerprint density at radius 2 is 0.895 bits per heavy atom. The lowest BCUT2D eigenvalue weighted by atomic mass is 9.66. The Morgan fingerprint density at radius 1 is 0.368 bits per heavy atom. The van der Waals surface area contributed by atoms with E-state index in [9.17, 15) is 0 Å². The number of thiophene rings is 1. The van der Waals surface area contributed by atoms with E-state index in [-0.39, 0.29) is 0 Å². The van der Waals surface area contributed by atoms with Crippen LogP contribution in [0.5, 0.6) is 11.5 Å². The van der Waals surface area contributed by atoms with Crippen LogP contribution in [0.3, 0.4) is 0 Å². The summed E-state index contributed by atoms with van der Waals surface area (Å²) in [5.74, 6) is 3.69. The number of rotatable bonds is 4. The SMILES string of the molecule is c1ccc(-c2ccc(-c3nc(-c4ccccc4)nc(-c4cccc5sc6cc7c(cc6c45)C4(c5ccccc5O7)c5ccccc5-c5ccccc54)n3)cc2)cc1. The van der Waals surface area contributed by atoms with Crippen molar-refractivity contribution in [2.24, 2.45) is 0 Å². The maximum Gasteiger partial charge on any atom is 0.164 e. The van der Waals surface area contributed by atoms with Crippen LogP contribution >= 0.6 is 11.3 Å². The zero-order chi connectivity index (χ0) is 37.5. The van der Waals surface area contributed by atoms with E-state index in [1.807, 2.05) is 24.3 Å². The van der Waals surface area contributed by atoms with Gasteiger partial charge in [0, 0.05) is 48.0 Å². The van der Waals surface area contributed by atoms with Gasteiger partial charge in [0.15, 0.2) is 17.5 Å². The molecule has 0 fully saturated rings. The van der Waals surface area contributed by atoms with Crippen molar-refractivity contribution < 1.29 is 4.74 Å². The lowest BCUT2D eigenvalue weighted by Crippen LogP contribution is -2.32. The van der Waals surface area contributed by atoms with Crippen molar-refractivity contribution in [1.82, 2.24) is 15.0 Å². The summed E-state index contributed by atoms with van der Waals surface area (Å²) < 4.78 is 9.17. The van der Waals surface area contributed by atoms with Gasteiger partial charge in [-0.3, -0.25) is 0 Å². The molecule has 0 bridgehead atoms. The Morgan fingerprint density at radius 3 is 1.60 bits per heavy atom. The number of para-hydroxylation sites is 1. The monoisotopic (exact) mass is 745 g/mol. The van der Waals surface area contributed by atoms with Gasteiger partial charge in [-0.15, -0.1) is 11.3 Å². The number of aromatic nitrogens is 3. The standard InChI is InChI=1S/C52H31N3OS/c1-3-14-32(15-4-1)33-26-28-35(29-27-33)50-53-49(34-16-5-2-6-17-34)54-51(55-50)38-20-13-25-46-48(38)39-30-43-45(31-47(39)57-46)56-44-24-12-11-23-42(44)52(43)40-21-9-7-18-36(40)37-19-8-10-22-41(37)52/h1-31H. The fourth-order valence-electron chi connectivity index (χ4n) is 9.15. The fourth-order valence-corrected chi connectivity index (χ4v) is 10.3. The third kappa shape index (κ3) is 4.76. The summed E-state index contributed by atoms with van der Waals surface area (Å²) >= 11 is 1.78. The first kappa shape index (κ1) is 32.1. The Kier molecular flexibility index (Phi) is 6.98. The van der Waals surface area contributed by atoms with E-state index in [2.05, 4.69) is 164 Å². The van der Waals surface area contributed by atoms with Crippen LogP contribution in [0.2, 0.25) is 0 Å². The highest BCUT2D eigenvalue weighted by Crippen LogP contribution is 2.63. The molecule has 0 atom stereocenters. The van der Waals surface area contributed by atoms with E-state index in [4.69, 9.17) is 19.7 Å². The van der Waals surface area contributed by atoms with Crippen molar-refractivity contribution in [2.45, 2.75) is 5.41 Å². The van der Waals surface area contributed by atoms with Gasteiger partial charge < -0.3 is 4.74 Å². The topological polar surface area (TPSA) is 47.9 Å². The molecule has 1 aliphatic heterocycles. The normalized spacial score (nSPS) is 13.2. The van der Waals surface area contributed by atoms with Gasteiger partial charge in [-0.2, -0.15) is 0 Å². The van der Waals surface area contributed by atoms with Gasteiger partial charge in [-0.1, -0.05) is 164 Å². The predicted octanol–water partition coefficient (Wildman–Crippen LogP) is 13.4. The molecule has 8 aromatic carbocycles. The lowest BCUT2D eigenvalue weighted by molar-refractivity contribution is 0.437. The number of hydrogen-bond acceptors (Lipinski definition) is 5. The Bertz CT molecular complexity index is 3160. The zero-order valence-electron chi connectivity index (χ0n) is 30.6. The molecule has 1 aliphatic carbocycles. The molecule has 0 radical (unpaired) electrons. The van der Waals surface area contributed by atoms with E-state index < -0.39 is 5.41 Å². The number of hydrogen-bond donors (Lipinski definition) is 0. The van der Waals surface area contributed by atoms with Crippen LogP contribution in [0, 0.1) is 0 Å². The molecule has 12 rings (SSSR count). The second-order valence-electron chi connectivity index (χ2n) is 14.7. The van der Waals surface area contributed by atoms with Crippen LogP contribution in [0.1, 0.15) is 22.3 Å². The number of fused-ring (bicyclic) bond motifs is 12. The summed E-state index contributed by atoms with van der Waals surface area (Å²) in [5.41, 5.74) is 12.0. The van der Waals surface area contributed by atoms with Crippen molar-refractivity contribution in [3.63, 3.8) is 0 Å². The summed E-state index contributed by atoms with van der Waals surface area (Å²) in [6.07, 6.45) is 0. The van der Waals surface area contributed by atoms with Crippen LogP contribution in [0.4, 0.5) is 0 Å². The summed E-state index contributed by atoms with van der Waals surface area (Å²) in [7, 11) is 0. The predicted molar refractivity (Wildman–Crippen MR) is 232 cm³/mol. The molecule has 0 unspecified atom stereocenters. The van der Waals surface area contributed by atoms with Gasteiger partial charge in [0.25, 0.3) is 0 Å². The average molecular weight is 746 g/mol. The number of nitrogens with zero attached hydrogens (tertiary/aromatic N) is 3. The van der Waals surface area contributed by atoms with Crippen molar-refractivity contribution in [3.8, 4) is 67.9 Å². The quantitative estimate of drug-likeness (QED) is 0.180. The van der Waals surface area contributed by atoms with Gasteiger partial charge >= 0.3 is 0 Å².